The van der Waals surface area contributed by atoms with Crippen LogP contribution >= 0.6 is 0 Å². The number of benzene rings is 1. The molecule has 0 radical (unpaired) electrons. The van der Waals surface area contributed by atoms with E-state index >= 15 is 0 Å². The summed E-state index contributed by atoms with van der Waals surface area (Å²) >= 11 is 0. The van der Waals surface area contributed by atoms with Gasteiger partial charge in [-0.3, -0.25) is 24.1 Å². The Bertz CT molecular complexity index is 1320. The summed E-state index contributed by atoms with van der Waals surface area (Å²) in [7, 11) is 2.08. The molecular formula is C41H64N4O6. The van der Waals surface area contributed by atoms with Crippen LogP contribution in [0, 0.1) is 5.92 Å². The van der Waals surface area contributed by atoms with Gasteiger partial charge >= 0.3 is 5.97 Å². The minimum absolute atomic E-state index is 0.00137. The lowest BCUT2D eigenvalue weighted by molar-refractivity contribution is -0.150. The standard InChI is InChI=1S/C41H64N4O6/c1-6-8-11-18-37(48)44-35(29-33-19-21-34(22-20-33)51-38(49)30-43-27-25-42(5)26-28-43)40(50)45(41(44)23-14-15-24-41)39(31(3)7-2)36(47)17-13-10-9-12-16-32(4)46/h19-22,31,35,39H,6-18,23-30H2,1-5H3. The van der Waals surface area contributed by atoms with Crippen molar-refractivity contribution in [2.24, 2.45) is 5.92 Å². The average molecular weight is 709 g/mol. The van der Waals surface area contributed by atoms with Crippen LogP contribution in [0.4, 0.5) is 0 Å². The summed E-state index contributed by atoms with van der Waals surface area (Å²) in [4.78, 5) is 75.5. The number of nitrogens with zero attached hydrogens (tertiary/aromatic N) is 4. The molecule has 1 saturated carbocycles. The molecule has 0 aromatic heterocycles. The first-order valence-corrected chi connectivity index (χ1v) is 19.9. The Hall–Kier alpha value is -3.11. The van der Waals surface area contributed by atoms with E-state index in [0.717, 1.165) is 96.0 Å². The Balaban J connectivity index is 1.55. The molecule has 3 aliphatic rings. The molecule has 1 spiro atoms. The first kappa shape index (κ1) is 40.7. The van der Waals surface area contributed by atoms with E-state index in [-0.39, 0.29) is 41.8 Å². The van der Waals surface area contributed by atoms with Gasteiger partial charge in [0.1, 0.15) is 23.2 Å². The summed E-state index contributed by atoms with van der Waals surface area (Å²) in [5, 5.41) is 0. The molecule has 10 nitrogen and oxygen atoms in total. The number of carbonyl (C=O) groups excluding carboxylic acids is 5. The predicted molar refractivity (Wildman–Crippen MR) is 199 cm³/mol. The zero-order valence-corrected chi connectivity index (χ0v) is 32.1. The normalized spacial score (nSPS) is 20.6. The molecule has 2 heterocycles. The maximum Gasteiger partial charge on any atom is 0.325 e. The van der Waals surface area contributed by atoms with Gasteiger partial charge in [-0.05, 0) is 82.5 Å². The summed E-state index contributed by atoms with van der Waals surface area (Å²) in [6.45, 7) is 11.6. The summed E-state index contributed by atoms with van der Waals surface area (Å²) in [5.74, 6) is 0.268. The van der Waals surface area contributed by atoms with Gasteiger partial charge in [0.05, 0.1) is 12.6 Å². The molecule has 51 heavy (non-hydrogen) atoms. The lowest BCUT2D eigenvalue weighted by atomic mass is 9.88. The van der Waals surface area contributed by atoms with Crippen LogP contribution in [0.2, 0.25) is 0 Å². The van der Waals surface area contributed by atoms with Gasteiger partial charge < -0.3 is 24.2 Å². The van der Waals surface area contributed by atoms with Gasteiger partial charge in [0.2, 0.25) is 11.8 Å². The number of esters is 1. The first-order valence-electron chi connectivity index (χ1n) is 19.9. The summed E-state index contributed by atoms with van der Waals surface area (Å²) < 4.78 is 5.67. The van der Waals surface area contributed by atoms with Gasteiger partial charge in [0.25, 0.3) is 0 Å². The number of rotatable bonds is 20. The zero-order chi connectivity index (χ0) is 37.0. The first-order chi connectivity index (χ1) is 24.5. The van der Waals surface area contributed by atoms with Gasteiger partial charge in [0, 0.05) is 51.9 Å². The fourth-order valence-corrected chi connectivity index (χ4v) is 8.32. The Morgan fingerprint density at radius 3 is 2.10 bits per heavy atom. The number of unbranched alkanes of at least 4 members (excludes halogenated alkanes) is 5. The molecule has 2 aliphatic heterocycles. The third-order valence-corrected chi connectivity index (χ3v) is 11.4. The molecule has 1 aromatic carbocycles. The number of hydrogen-bond donors (Lipinski definition) is 0. The van der Waals surface area contributed by atoms with Gasteiger partial charge in [-0.25, -0.2) is 0 Å². The third-order valence-electron chi connectivity index (χ3n) is 11.4. The van der Waals surface area contributed by atoms with Crippen LogP contribution < -0.4 is 4.74 Å². The number of ether oxygens (including phenoxy) is 1. The second-order valence-electron chi connectivity index (χ2n) is 15.4. The molecule has 4 rings (SSSR count). The van der Waals surface area contributed by atoms with Crippen LogP contribution in [0.15, 0.2) is 24.3 Å². The maximum absolute atomic E-state index is 14.9. The summed E-state index contributed by atoms with van der Waals surface area (Å²) in [6, 6.07) is 6.03. The Labute approximate surface area is 306 Å². The van der Waals surface area contributed by atoms with Crippen LogP contribution in [0.5, 0.6) is 5.75 Å². The number of likely N-dealkylation sites (N-methyl/N-ethyl adjacent to an activating group) is 1. The summed E-state index contributed by atoms with van der Waals surface area (Å²) in [6.07, 6.45) is 11.7. The van der Waals surface area contributed by atoms with Crippen molar-refractivity contribution < 1.29 is 28.7 Å². The molecule has 1 aliphatic carbocycles. The number of carbonyl (C=O) groups is 5. The SMILES string of the molecule is CCCCCC(=O)N1C(Cc2ccc(OC(=O)CN3CCN(C)CC3)cc2)C(=O)N(C(C(=O)CCCCCCC(C)=O)C(C)CC)C12CCCC2. The maximum atomic E-state index is 14.9. The molecule has 0 bridgehead atoms. The molecule has 1 aromatic rings. The van der Waals surface area contributed by atoms with Crippen molar-refractivity contribution in [1.29, 1.82) is 0 Å². The van der Waals surface area contributed by atoms with Crippen molar-refractivity contribution >= 4 is 29.4 Å². The highest BCUT2D eigenvalue weighted by molar-refractivity contribution is 5.97. The van der Waals surface area contributed by atoms with E-state index in [2.05, 4.69) is 37.6 Å². The van der Waals surface area contributed by atoms with E-state index in [1.165, 1.54) is 0 Å². The smallest absolute Gasteiger partial charge is 0.325 e. The number of hydrogen-bond acceptors (Lipinski definition) is 8. The highest BCUT2D eigenvalue weighted by atomic mass is 16.5. The monoisotopic (exact) mass is 708 g/mol. The van der Waals surface area contributed by atoms with Crippen LogP contribution in [-0.2, 0) is 30.4 Å². The van der Waals surface area contributed by atoms with E-state index in [4.69, 9.17) is 4.74 Å². The van der Waals surface area contributed by atoms with E-state index in [0.29, 0.717) is 44.3 Å². The van der Waals surface area contributed by atoms with Gasteiger partial charge in [-0.15, -0.1) is 0 Å². The molecule has 284 valence electrons. The van der Waals surface area contributed by atoms with Crippen molar-refractivity contribution in [3.8, 4) is 5.75 Å². The van der Waals surface area contributed by atoms with E-state index < -0.39 is 17.7 Å². The number of amides is 2. The van der Waals surface area contributed by atoms with Crippen LogP contribution in [0.25, 0.3) is 0 Å². The lowest BCUT2D eigenvalue weighted by Gasteiger charge is -2.46. The molecular weight excluding hydrogens is 644 g/mol. The fourth-order valence-electron chi connectivity index (χ4n) is 8.32. The highest BCUT2D eigenvalue weighted by Gasteiger charge is 2.62. The Kier molecular flexibility index (Phi) is 15.7. The summed E-state index contributed by atoms with van der Waals surface area (Å²) in [5.41, 5.74) is 0.0835. The van der Waals surface area contributed by atoms with Crippen LogP contribution in [0.1, 0.15) is 130 Å². The van der Waals surface area contributed by atoms with Crippen LogP contribution in [-0.4, -0.2) is 106 Å². The second-order valence-corrected chi connectivity index (χ2v) is 15.4. The quantitative estimate of drug-likeness (QED) is 0.0898. The van der Waals surface area contributed by atoms with Gasteiger partial charge in [-0.1, -0.05) is 65.0 Å². The molecule has 10 heteroatoms. The number of piperazine rings is 1. The molecule has 3 fully saturated rings. The minimum Gasteiger partial charge on any atom is -0.426 e. The van der Waals surface area contributed by atoms with Crippen molar-refractivity contribution in [1.82, 2.24) is 19.6 Å². The predicted octanol–water partition coefficient (Wildman–Crippen LogP) is 6.19. The topological polar surface area (TPSA) is 108 Å². The van der Waals surface area contributed by atoms with E-state index in [1.807, 2.05) is 21.9 Å². The minimum atomic E-state index is -0.797. The second kappa shape index (κ2) is 19.6. The fraction of sp³-hybridized carbons (Fsp3) is 0.732. The Morgan fingerprint density at radius 1 is 0.863 bits per heavy atom. The van der Waals surface area contributed by atoms with Gasteiger partial charge in [-0.2, -0.15) is 0 Å². The van der Waals surface area contributed by atoms with Gasteiger partial charge in [0.15, 0.2) is 5.78 Å². The Morgan fingerprint density at radius 2 is 1.49 bits per heavy atom. The average Bonchev–Trinajstić information content (AvgIpc) is 3.67. The highest BCUT2D eigenvalue weighted by Crippen LogP contribution is 2.48. The van der Waals surface area contributed by atoms with Crippen molar-refractivity contribution in [2.45, 2.75) is 148 Å². The molecule has 2 amide bonds. The third kappa shape index (κ3) is 10.7. The number of Topliss-reactive ketones (excluding diaryl/α,β-unsaturated/α-hetero) is 2. The molecule has 2 saturated heterocycles. The molecule has 3 unspecified atom stereocenters. The van der Waals surface area contributed by atoms with Crippen LogP contribution in [0.3, 0.4) is 0 Å². The zero-order valence-electron chi connectivity index (χ0n) is 32.1. The van der Waals surface area contributed by atoms with Crippen molar-refractivity contribution in [3.63, 3.8) is 0 Å². The van der Waals surface area contributed by atoms with E-state index in [1.54, 1.807) is 19.1 Å². The van der Waals surface area contributed by atoms with Crippen molar-refractivity contribution in [2.75, 3.05) is 39.8 Å². The lowest BCUT2D eigenvalue weighted by Crippen LogP contribution is -2.60. The molecule has 0 N–H and O–H groups in total. The van der Waals surface area contributed by atoms with E-state index in [9.17, 15) is 24.0 Å². The van der Waals surface area contributed by atoms with Crippen molar-refractivity contribution in [3.05, 3.63) is 29.8 Å². The molecule has 3 atom stereocenters. The largest absolute Gasteiger partial charge is 0.426 e. The number of ketones is 2.